The first-order chi connectivity index (χ1) is 6.66. The Bertz CT molecular complexity index is 372. The summed E-state index contributed by atoms with van der Waals surface area (Å²) in [5, 5.41) is 3.59. The zero-order valence-corrected chi connectivity index (χ0v) is 8.15. The average Bonchev–Trinajstić information content (AvgIpc) is 2.14. The van der Waals surface area contributed by atoms with Crippen LogP contribution in [0.15, 0.2) is 23.4 Å². The van der Waals surface area contributed by atoms with Gasteiger partial charge in [0.25, 0.3) is 0 Å². The van der Waals surface area contributed by atoms with E-state index in [1.54, 1.807) is 6.07 Å². The van der Waals surface area contributed by atoms with E-state index in [0.717, 1.165) is 5.56 Å². The predicted octanol–water partition coefficient (Wildman–Crippen LogP) is 1.07. The van der Waals surface area contributed by atoms with E-state index in [-0.39, 0.29) is 0 Å². The van der Waals surface area contributed by atoms with E-state index in [9.17, 15) is 4.79 Å². The Labute approximate surface area is 82.4 Å². The van der Waals surface area contributed by atoms with Crippen molar-refractivity contribution in [2.45, 2.75) is 6.92 Å². The van der Waals surface area contributed by atoms with E-state index in [0.29, 0.717) is 11.1 Å². The number of benzene rings is 1. The molecule has 0 aliphatic carbocycles. The Hall–Kier alpha value is -1.84. The summed E-state index contributed by atoms with van der Waals surface area (Å²) < 4.78 is 0. The van der Waals surface area contributed by atoms with E-state index < -0.39 is 5.91 Å². The summed E-state index contributed by atoms with van der Waals surface area (Å²) in [5.41, 5.74) is 7.22. The molecule has 0 unspecified atom stereocenters. The van der Waals surface area contributed by atoms with Gasteiger partial charge in [0.1, 0.15) is 7.11 Å². The summed E-state index contributed by atoms with van der Waals surface area (Å²) in [6.07, 6.45) is 1.47. The van der Waals surface area contributed by atoms with Gasteiger partial charge in [-0.05, 0) is 12.5 Å². The molecule has 0 aliphatic heterocycles. The molecule has 0 fully saturated rings. The lowest BCUT2D eigenvalue weighted by Crippen LogP contribution is -2.15. The maximum Gasteiger partial charge on any atom is 0.249 e. The van der Waals surface area contributed by atoms with Crippen molar-refractivity contribution in [2.24, 2.45) is 10.9 Å². The standard InChI is InChI=1S/C10H12N2O2/c1-7-4-3-5-8(6-12-14-2)9(7)10(11)13/h3-6H,1-2H3,(H2,11,13)/b12-6-. The largest absolute Gasteiger partial charge is 0.399 e. The molecular formula is C10H12N2O2. The third kappa shape index (κ3) is 2.10. The Morgan fingerprint density at radius 3 is 2.86 bits per heavy atom. The van der Waals surface area contributed by atoms with Gasteiger partial charge in [0.2, 0.25) is 5.91 Å². The number of oxime groups is 1. The fourth-order valence-electron chi connectivity index (χ4n) is 1.24. The maximum atomic E-state index is 11.1. The van der Waals surface area contributed by atoms with Crippen molar-refractivity contribution < 1.29 is 9.63 Å². The lowest BCUT2D eigenvalue weighted by Gasteiger charge is -2.04. The van der Waals surface area contributed by atoms with Crippen LogP contribution >= 0.6 is 0 Å². The summed E-state index contributed by atoms with van der Waals surface area (Å²) in [7, 11) is 1.44. The molecule has 0 aromatic heterocycles. The van der Waals surface area contributed by atoms with E-state index in [4.69, 9.17) is 5.73 Å². The summed E-state index contributed by atoms with van der Waals surface area (Å²) in [5.74, 6) is -0.458. The molecule has 0 saturated heterocycles. The lowest BCUT2D eigenvalue weighted by atomic mass is 10.0. The van der Waals surface area contributed by atoms with Crippen LogP contribution in [-0.2, 0) is 4.84 Å². The molecule has 0 heterocycles. The SMILES string of the molecule is CO/N=C\c1cccc(C)c1C(N)=O. The summed E-state index contributed by atoms with van der Waals surface area (Å²) in [4.78, 5) is 15.7. The highest BCUT2D eigenvalue weighted by Crippen LogP contribution is 2.11. The van der Waals surface area contributed by atoms with Crippen molar-refractivity contribution >= 4 is 12.1 Å². The second-order valence-corrected chi connectivity index (χ2v) is 2.82. The molecule has 14 heavy (non-hydrogen) atoms. The number of amides is 1. The molecule has 0 radical (unpaired) electrons. The number of rotatable bonds is 3. The van der Waals surface area contributed by atoms with Crippen LogP contribution in [0.2, 0.25) is 0 Å². The summed E-state index contributed by atoms with van der Waals surface area (Å²) >= 11 is 0. The summed E-state index contributed by atoms with van der Waals surface area (Å²) in [6, 6.07) is 5.42. The van der Waals surface area contributed by atoms with E-state index in [1.165, 1.54) is 13.3 Å². The van der Waals surface area contributed by atoms with Crippen molar-refractivity contribution in [1.29, 1.82) is 0 Å². The van der Waals surface area contributed by atoms with Crippen molar-refractivity contribution in [3.63, 3.8) is 0 Å². The molecule has 1 aromatic rings. The topological polar surface area (TPSA) is 64.7 Å². The highest BCUT2D eigenvalue weighted by Gasteiger charge is 2.08. The minimum Gasteiger partial charge on any atom is -0.399 e. The van der Waals surface area contributed by atoms with Crippen molar-refractivity contribution in [2.75, 3.05) is 7.11 Å². The zero-order chi connectivity index (χ0) is 10.6. The van der Waals surface area contributed by atoms with E-state index >= 15 is 0 Å². The fourth-order valence-corrected chi connectivity index (χ4v) is 1.24. The van der Waals surface area contributed by atoms with Crippen LogP contribution in [0.3, 0.4) is 0 Å². The molecule has 0 spiro atoms. The number of nitrogens with zero attached hydrogens (tertiary/aromatic N) is 1. The van der Waals surface area contributed by atoms with Gasteiger partial charge < -0.3 is 10.6 Å². The smallest absolute Gasteiger partial charge is 0.249 e. The third-order valence-electron chi connectivity index (χ3n) is 1.85. The third-order valence-corrected chi connectivity index (χ3v) is 1.85. The minimum atomic E-state index is -0.458. The molecule has 1 rings (SSSR count). The molecular weight excluding hydrogens is 180 g/mol. The van der Waals surface area contributed by atoms with Crippen LogP contribution in [-0.4, -0.2) is 19.2 Å². The van der Waals surface area contributed by atoms with Crippen LogP contribution < -0.4 is 5.73 Å². The van der Waals surface area contributed by atoms with Gasteiger partial charge in [-0.2, -0.15) is 0 Å². The Kier molecular flexibility index (Phi) is 3.23. The molecule has 74 valence electrons. The minimum absolute atomic E-state index is 0.458. The first-order valence-electron chi connectivity index (χ1n) is 4.12. The highest BCUT2D eigenvalue weighted by molar-refractivity contribution is 6.02. The van der Waals surface area contributed by atoms with Crippen LogP contribution in [0, 0.1) is 6.92 Å². The highest BCUT2D eigenvalue weighted by atomic mass is 16.6. The van der Waals surface area contributed by atoms with Crippen molar-refractivity contribution in [3.05, 3.63) is 34.9 Å². The number of carbonyl (C=O) groups is 1. The van der Waals surface area contributed by atoms with Gasteiger partial charge in [0.05, 0.1) is 11.8 Å². The van der Waals surface area contributed by atoms with Gasteiger partial charge in [-0.3, -0.25) is 4.79 Å². The fraction of sp³-hybridized carbons (Fsp3) is 0.200. The molecule has 4 heteroatoms. The number of carbonyl (C=O) groups excluding carboxylic acids is 1. The number of primary amides is 1. The van der Waals surface area contributed by atoms with Gasteiger partial charge in [0, 0.05) is 5.56 Å². The van der Waals surface area contributed by atoms with Crippen LogP contribution in [0.5, 0.6) is 0 Å². The van der Waals surface area contributed by atoms with E-state index in [1.807, 2.05) is 19.1 Å². The van der Waals surface area contributed by atoms with Crippen molar-refractivity contribution in [1.82, 2.24) is 0 Å². The van der Waals surface area contributed by atoms with Gasteiger partial charge in [0.15, 0.2) is 0 Å². The van der Waals surface area contributed by atoms with Crippen LogP contribution in [0.25, 0.3) is 0 Å². The molecule has 0 bridgehead atoms. The Morgan fingerprint density at radius 2 is 2.29 bits per heavy atom. The molecule has 1 amide bonds. The Balaban J connectivity index is 3.21. The maximum absolute atomic E-state index is 11.1. The van der Waals surface area contributed by atoms with Crippen LogP contribution in [0.4, 0.5) is 0 Å². The van der Waals surface area contributed by atoms with Gasteiger partial charge in [-0.25, -0.2) is 0 Å². The second kappa shape index (κ2) is 4.41. The number of aryl methyl sites for hydroxylation is 1. The number of nitrogens with two attached hydrogens (primary N) is 1. The first-order valence-corrected chi connectivity index (χ1v) is 4.12. The second-order valence-electron chi connectivity index (χ2n) is 2.82. The molecule has 0 atom stereocenters. The lowest BCUT2D eigenvalue weighted by molar-refractivity contribution is 0.0999. The van der Waals surface area contributed by atoms with Gasteiger partial charge in [-0.15, -0.1) is 0 Å². The molecule has 0 saturated carbocycles. The number of hydrogen-bond acceptors (Lipinski definition) is 3. The summed E-state index contributed by atoms with van der Waals surface area (Å²) in [6.45, 7) is 1.82. The zero-order valence-electron chi connectivity index (χ0n) is 8.15. The quantitative estimate of drug-likeness (QED) is 0.575. The first kappa shape index (κ1) is 10.2. The average molecular weight is 192 g/mol. The molecule has 1 aromatic carbocycles. The van der Waals surface area contributed by atoms with Gasteiger partial charge in [-0.1, -0.05) is 23.4 Å². The van der Waals surface area contributed by atoms with E-state index in [2.05, 4.69) is 9.99 Å². The monoisotopic (exact) mass is 192 g/mol. The predicted molar refractivity (Wildman–Crippen MR) is 54.3 cm³/mol. The molecule has 4 nitrogen and oxygen atoms in total. The Morgan fingerprint density at radius 1 is 1.57 bits per heavy atom. The molecule has 0 aliphatic rings. The van der Waals surface area contributed by atoms with Crippen LogP contribution in [0.1, 0.15) is 21.5 Å². The van der Waals surface area contributed by atoms with Gasteiger partial charge >= 0.3 is 0 Å². The van der Waals surface area contributed by atoms with Crippen molar-refractivity contribution in [3.8, 4) is 0 Å². The molecule has 2 N–H and O–H groups in total. The number of hydrogen-bond donors (Lipinski definition) is 1. The normalized spacial score (nSPS) is 10.4.